The maximum Gasteiger partial charge on any atom is 0.391 e. The van der Waals surface area contributed by atoms with Crippen LogP contribution in [-0.2, 0) is 62.3 Å². The summed E-state index contributed by atoms with van der Waals surface area (Å²) in [5, 5.41) is 8.21. The summed E-state index contributed by atoms with van der Waals surface area (Å²) in [6, 6.07) is -10.3. The van der Waals surface area contributed by atoms with Crippen LogP contribution in [0.3, 0.4) is 0 Å². The molecule has 4 aliphatic carbocycles. The van der Waals surface area contributed by atoms with Crippen molar-refractivity contribution in [3.8, 4) is 0 Å². The number of carbonyl (C=O) groups is 12. The first-order valence-electron chi connectivity index (χ1n) is 37.7. The van der Waals surface area contributed by atoms with Crippen LogP contribution in [0.15, 0.2) is 12.2 Å². The first-order valence-corrected chi connectivity index (χ1v) is 38.6. The van der Waals surface area contributed by atoms with Gasteiger partial charge in [0, 0.05) is 87.9 Å². The monoisotopic (exact) mass is 1510 g/mol. The van der Waals surface area contributed by atoms with E-state index >= 15 is 28.8 Å². The quantitative estimate of drug-likeness (QED) is 0.131. The van der Waals surface area contributed by atoms with E-state index in [1.165, 1.54) is 90.7 Å². The summed E-state index contributed by atoms with van der Waals surface area (Å²) in [6.45, 7) is 9.80. The lowest BCUT2D eigenvalue weighted by Crippen LogP contribution is -2.71. The fourth-order valence-corrected chi connectivity index (χ4v) is 17.2. The summed E-state index contributed by atoms with van der Waals surface area (Å²) in [7, 11) is 11.3. The molecule has 3 heterocycles. The molecule has 7 aliphatic rings. The number of nitrogens with zero attached hydrogens (tertiary/aromatic N) is 9. The molecule has 1 spiro atoms. The van der Waals surface area contributed by atoms with Gasteiger partial charge in [-0.15, -0.1) is 23.2 Å². The Morgan fingerprint density at radius 3 is 1.84 bits per heavy atom. The van der Waals surface area contributed by atoms with Crippen LogP contribution in [0.25, 0.3) is 0 Å². The zero-order chi connectivity index (χ0) is 77.2. The average Bonchev–Trinajstić information content (AvgIpc) is 0.987. The number of ether oxygens (including phenoxy) is 1. The lowest BCUT2D eigenvalue weighted by Gasteiger charge is -2.54. The van der Waals surface area contributed by atoms with Crippen molar-refractivity contribution >= 4 is 94.1 Å². The Kier molecular flexibility index (Phi) is 29.9. The molecular weight excluding hydrogens is 1390 g/mol. The van der Waals surface area contributed by atoms with Crippen molar-refractivity contribution in [1.29, 1.82) is 0 Å². The number of nitrogens with one attached hydrogen (secondary N) is 3. The van der Waals surface area contributed by atoms with E-state index in [2.05, 4.69) is 16.0 Å². The average molecular weight is 1510 g/mol. The number of halogens is 5. The molecule has 0 aromatic carbocycles. The van der Waals surface area contributed by atoms with Crippen LogP contribution in [0.5, 0.6) is 0 Å². The molecule has 7 rings (SSSR count). The molecule has 4 saturated carbocycles. The minimum Gasteiger partial charge on any atom is -0.377 e. The molecule has 2 bridgehead atoms. The van der Waals surface area contributed by atoms with Crippen molar-refractivity contribution in [1.82, 2.24) is 60.0 Å². The predicted molar refractivity (Wildman–Crippen MR) is 386 cm³/mol. The molecule has 2 saturated heterocycles. The second-order valence-corrected chi connectivity index (χ2v) is 33.1. The topological polar surface area (TPSA) is 279 Å². The Morgan fingerprint density at radius 1 is 0.644 bits per heavy atom. The molecule has 586 valence electrons. The highest BCUT2D eigenvalue weighted by Gasteiger charge is 2.59. The fourth-order valence-electron chi connectivity index (χ4n) is 16.5. The van der Waals surface area contributed by atoms with E-state index < -0.39 is 180 Å². The van der Waals surface area contributed by atoms with Gasteiger partial charge < -0.3 is 64.8 Å². The Balaban J connectivity index is 1.31. The number of hydrogen-bond donors (Lipinski definition) is 3. The largest absolute Gasteiger partial charge is 0.391 e. The number of carbonyl (C=O) groups excluding carboxylic acids is 12. The van der Waals surface area contributed by atoms with Crippen LogP contribution in [0.1, 0.15) is 183 Å². The number of alkyl halides is 5. The second kappa shape index (κ2) is 36.5. The summed E-state index contributed by atoms with van der Waals surface area (Å²) in [5.41, 5.74) is -2.12. The summed E-state index contributed by atoms with van der Waals surface area (Å²) >= 11 is 13.3. The third kappa shape index (κ3) is 21.1. The Labute approximate surface area is 622 Å². The summed E-state index contributed by atoms with van der Waals surface area (Å²) in [6.07, 6.45) is 2.73. The van der Waals surface area contributed by atoms with E-state index in [0.29, 0.717) is 38.5 Å². The molecule has 3 N–H and O–H groups in total. The molecule has 3 unspecified atom stereocenters. The lowest BCUT2D eigenvalue weighted by atomic mass is 9.58. The molecule has 0 aromatic heterocycles. The maximum absolute atomic E-state index is 15.6. The molecule has 104 heavy (non-hydrogen) atoms. The number of likely N-dealkylation sites (N-methyl/N-ethyl adjacent to an activating group) is 7. The zero-order valence-electron chi connectivity index (χ0n) is 63.7. The molecule has 0 aromatic rings. The highest BCUT2D eigenvalue weighted by atomic mass is 35.5. The van der Waals surface area contributed by atoms with E-state index in [9.17, 15) is 41.9 Å². The van der Waals surface area contributed by atoms with Crippen molar-refractivity contribution in [2.45, 2.75) is 260 Å². The van der Waals surface area contributed by atoms with Crippen molar-refractivity contribution in [3.63, 3.8) is 0 Å². The van der Waals surface area contributed by atoms with Gasteiger partial charge in [0.15, 0.2) is 0 Å². The minimum atomic E-state index is -4.44. The van der Waals surface area contributed by atoms with Crippen molar-refractivity contribution < 1.29 is 75.4 Å². The van der Waals surface area contributed by atoms with Gasteiger partial charge >= 0.3 is 6.18 Å². The summed E-state index contributed by atoms with van der Waals surface area (Å²) < 4.78 is 48.5. The molecule has 25 nitrogen and oxygen atoms in total. The third-order valence-electron chi connectivity index (χ3n) is 23.1. The molecular formula is C74H117Cl2F3N12O13. The molecule has 13 atom stereocenters. The van der Waals surface area contributed by atoms with E-state index in [1.54, 1.807) is 32.9 Å². The highest BCUT2D eigenvalue weighted by molar-refractivity contribution is 6.30. The Hall–Kier alpha value is -6.29. The summed E-state index contributed by atoms with van der Waals surface area (Å²) in [5.74, 6) is -10.7. The molecule has 30 heteroatoms. The van der Waals surface area contributed by atoms with E-state index in [4.69, 9.17) is 27.9 Å². The minimum absolute atomic E-state index is 0.00248. The van der Waals surface area contributed by atoms with Crippen LogP contribution in [0.4, 0.5) is 13.2 Å². The Morgan fingerprint density at radius 2 is 1.26 bits per heavy atom. The van der Waals surface area contributed by atoms with Crippen LogP contribution in [0, 0.1) is 35.0 Å². The van der Waals surface area contributed by atoms with Gasteiger partial charge in [-0.05, 0) is 139 Å². The molecule has 3 aliphatic heterocycles. The van der Waals surface area contributed by atoms with Crippen LogP contribution >= 0.6 is 23.2 Å². The van der Waals surface area contributed by atoms with E-state index in [1.807, 2.05) is 20.8 Å². The van der Waals surface area contributed by atoms with Crippen LogP contribution in [-0.4, -0.2) is 281 Å². The first kappa shape index (κ1) is 85.0. The van der Waals surface area contributed by atoms with Gasteiger partial charge in [0.2, 0.25) is 70.9 Å². The summed E-state index contributed by atoms with van der Waals surface area (Å²) in [4.78, 5) is 192. The van der Waals surface area contributed by atoms with Gasteiger partial charge in [0.25, 0.3) is 0 Å². The van der Waals surface area contributed by atoms with Gasteiger partial charge in [-0.2, -0.15) is 13.2 Å². The van der Waals surface area contributed by atoms with Gasteiger partial charge in [0.05, 0.1) is 36.9 Å². The van der Waals surface area contributed by atoms with Crippen molar-refractivity contribution in [2.75, 3.05) is 89.2 Å². The number of amides is 12. The number of rotatable bonds is 14. The van der Waals surface area contributed by atoms with E-state index in [0.717, 1.165) is 22.6 Å². The predicted octanol–water partition coefficient (Wildman–Crippen LogP) is 6.10. The normalized spacial score (nSPS) is 32.1. The Bertz CT molecular complexity index is 3130. The second-order valence-electron chi connectivity index (χ2n) is 32.0. The zero-order valence-corrected chi connectivity index (χ0v) is 65.2. The van der Waals surface area contributed by atoms with Gasteiger partial charge in [-0.25, -0.2) is 0 Å². The number of hydrogen-bond acceptors (Lipinski definition) is 13. The van der Waals surface area contributed by atoms with E-state index in [-0.39, 0.29) is 126 Å². The maximum atomic E-state index is 15.6. The standard InChI is InChI=1S/C74H117Cl2F3N12O13/c1-15-21-53-63(95)81-62(44(4)16-2)70(102)85(10)41-61(94)87(12)54-22-19-18-20-33-90(69(54)101)58(36-47-25-29-48(30-26-47)74(77,78)79)67(99)84(9)40-59(92)80-52(32-28-45-27-31-50(75)51(76)34-45)65(97)91-39-49(104-17-3)37-55(91)64(96)82-73(42-72(5,6)43-73)71(103)89(14)56(35-46-23-24-46)68(100)88(13)57(66(98)83(7)8)38-60(93)86(53)11/h18-19,44-58,62H,15-17,20-43H2,1-14H3,(H,80,92)(H,81,95)(H,82,96)/b19-18-/t44-,45?,47?,48?,49+,50?,51?,52-,53-,54-,55-,56-,57-,58-,62-/m0/s1. The van der Waals surface area contributed by atoms with Gasteiger partial charge in [0.1, 0.15) is 53.9 Å². The fraction of sp³-hybridized carbons (Fsp3) is 0.811. The van der Waals surface area contributed by atoms with Crippen LogP contribution in [0.2, 0.25) is 0 Å². The number of fused-ring (bicyclic) bond motifs is 3. The smallest absolute Gasteiger partial charge is 0.377 e. The molecule has 0 radical (unpaired) electrons. The SMILES string of the molecule is CCC[C@H]1C(=O)N[C@@H]([C@@H](C)CC)C(=O)N(C)CC(=O)N(C)[C@H]2C/C=C\CCN(C2=O)[C@@H](CC2CCC(C(F)(F)F)CC2)C(=O)N(C)CC(=O)N[C@@H](CCC2CCC(Cl)C(Cl)C2)C(=O)N2C[C@H](OCC)C[C@H]2C(=O)NC2(CC(C)(C)C2)C(=O)N(C)[C@@H](CC2CC2)C(=O)N(C)[C@H](C(=O)N(C)C)CC(=O)N1C. The van der Waals surface area contributed by atoms with Gasteiger partial charge in [-0.3, -0.25) is 57.5 Å². The van der Waals surface area contributed by atoms with Crippen molar-refractivity contribution in [3.05, 3.63) is 12.2 Å². The van der Waals surface area contributed by atoms with Crippen LogP contribution < -0.4 is 16.0 Å². The van der Waals surface area contributed by atoms with Crippen molar-refractivity contribution in [2.24, 2.45) is 35.0 Å². The molecule has 12 amide bonds. The lowest BCUT2D eigenvalue weighted by molar-refractivity contribution is -0.184. The molecule has 6 fully saturated rings. The third-order valence-corrected chi connectivity index (χ3v) is 24.3. The van der Waals surface area contributed by atoms with Gasteiger partial charge in [-0.1, -0.05) is 72.5 Å². The first-order chi connectivity index (χ1) is 48.8. The highest BCUT2D eigenvalue weighted by Crippen LogP contribution is 2.50.